The Hall–Kier alpha value is -3.58. The van der Waals surface area contributed by atoms with Crippen LogP contribution < -0.4 is 20.1 Å². The minimum absolute atomic E-state index is 0.0139. The number of hydrogen-bond acceptors (Lipinski definition) is 5. The Morgan fingerprint density at radius 2 is 1.78 bits per heavy atom. The van der Waals surface area contributed by atoms with E-state index in [0.29, 0.717) is 12.6 Å². The van der Waals surface area contributed by atoms with Crippen LogP contribution in [0.25, 0.3) is 0 Å². The first-order valence-electron chi connectivity index (χ1n) is 13.0. The molecule has 1 saturated carbocycles. The topological polar surface area (TPSA) is 75.7 Å². The van der Waals surface area contributed by atoms with Gasteiger partial charge in [0.05, 0.1) is 14.2 Å². The fourth-order valence-corrected chi connectivity index (χ4v) is 6.19. The summed E-state index contributed by atoms with van der Waals surface area (Å²) in [6.07, 6.45) is 7.42. The number of amides is 2. The molecule has 2 amide bonds. The summed E-state index contributed by atoms with van der Waals surface area (Å²) in [6.45, 7) is 2.41. The van der Waals surface area contributed by atoms with Crippen LogP contribution in [-0.4, -0.2) is 48.8 Å². The van der Waals surface area contributed by atoms with Crippen molar-refractivity contribution in [2.75, 3.05) is 20.8 Å². The molecular weight excluding hydrogens is 464 g/mol. The van der Waals surface area contributed by atoms with Gasteiger partial charge in [-0.05, 0) is 73.2 Å². The molecular formula is C30H36N4O3. The first kappa shape index (κ1) is 25.1. The third-order valence-corrected chi connectivity index (χ3v) is 8.10. The maximum absolute atomic E-state index is 12.8. The van der Waals surface area contributed by atoms with Crippen LogP contribution in [0.2, 0.25) is 0 Å². The van der Waals surface area contributed by atoms with Gasteiger partial charge in [-0.25, -0.2) is 4.79 Å². The van der Waals surface area contributed by atoms with Crippen LogP contribution >= 0.6 is 0 Å². The molecule has 7 heteroatoms. The average molecular weight is 501 g/mol. The Bertz CT molecular complexity index is 1190. The molecule has 0 bridgehead atoms. The molecule has 1 aromatic heterocycles. The Morgan fingerprint density at radius 3 is 2.54 bits per heavy atom. The molecule has 2 N–H and O–H groups in total. The highest BCUT2D eigenvalue weighted by atomic mass is 16.5. The lowest BCUT2D eigenvalue weighted by molar-refractivity contribution is 0.130. The molecule has 0 unspecified atom stereocenters. The molecule has 0 spiro atoms. The predicted octanol–water partition coefficient (Wildman–Crippen LogP) is 4.66. The minimum Gasteiger partial charge on any atom is -0.493 e. The number of benzene rings is 2. The van der Waals surface area contributed by atoms with Crippen LogP contribution in [0.15, 0.2) is 73.1 Å². The summed E-state index contributed by atoms with van der Waals surface area (Å²) in [5.41, 5.74) is 3.66. The zero-order valence-electron chi connectivity index (χ0n) is 21.7. The number of ether oxygens (including phenoxy) is 2. The van der Waals surface area contributed by atoms with Gasteiger partial charge in [-0.3, -0.25) is 9.88 Å². The van der Waals surface area contributed by atoms with Gasteiger partial charge in [-0.1, -0.05) is 36.4 Å². The van der Waals surface area contributed by atoms with Crippen LogP contribution in [0.1, 0.15) is 42.4 Å². The highest BCUT2D eigenvalue weighted by Gasteiger charge is 2.51. The van der Waals surface area contributed by atoms with Crippen LogP contribution in [0.5, 0.6) is 11.5 Å². The van der Waals surface area contributed by atoms with Gasteiger partial charge in [0.15, 0.2) is 11.5 Å². The van der Waals surface area contributed by atoms with Crippen molar-refractivity contribution in [3.8, 4) is 11.5 Å². The first-order chi connectivity index (χ1) is 18.1. The summed E-state index contributed by atoms with van der Waals surface area (Å²) in [5.74, 6) is 1.52. The molecule has 2 fully saturated rings. The van der Waals surface area contributed by atoms with Gasteiger partial charge in [0, 0.05) is 43.0 Å². The maximum Gasteiger partial charge on any atom is 0.315 e. The third kappa shape index (κ3) is 5.42. The van der Waals surface area contributed by atoms with E-state index in [1.807, 2.05) is 18.2 Å². The molecule has 2 aliphatic rings. The van der Waals surface area contributed by atoms with Crippen LogP contribution in [0.3, 0.4) is 0 Å². The van der Waals surface area contributed by atoms with E-state index in [4.69, 9.17) is 9.47 Å². The second-order valence-corrected chi connectivity index (χ2v) is 10.1. The zero-order chi connectivity index (χ0) is 25.7. The highest BCUT2D eigenvalue weighted by molar-refractivity contribution is 5.74. The number of aromatic nitrogens is 1. The van der Waals surface area contributed by atoms with E-state index in [9.17, 15) is 4.79 Å². The molecule has 3 atom stereocenters. The number of hydrogen-bond donors (Lipinski definition) is 2. The average Bonchev–Trinajstić information content (AvgIpc) is 3.31. The predicted molar refractivity (Wildman–Crippen MR) is 144 cm³/mol. The maximum atomic E-state index is 12.8. The number of carbonyl (C=O) groups excluding carboxylic acids is 1. The van der Waals surface area contributed by atoms with Gasteiger partial charge in [0.2, 0.25) is 0 Å². The molecule has 5 rings (SSSR count). The standard InChI is InChI=1S/C30H36N4O3/c1-36-26-9-8-24(18-27(26)37-2)30-13-10-25(33-29(35)32-20-22-11-15-31-16-12-22)19-28(30)34(17-14-30)21-23-6-4-3-5-7-23/h3-9,11-12,15-16,18,25,28H,10,13-14,17,19-21H2,1-2H3,(H2,32,33,35)/t25-,28+,30-/m0/s1. The Kier molecular flexibility index (Phi) is 7.60. The van der Waals surface area contributed by atoms with Crippen molar-refractivity contribution in [2.45, 2.75) is 56.3 Å². The number of methoxy groups -OCH3 is 2. The Balaban J connectivity index is 1.35. The minimum atomic E-state index is -0.118. The van der Waals surface area contributed by atoms with Crippen LogP contribution in [0.4, 0.5) is 4.79 Å². The molecule has 37 heavy (non-hydrogen) atoms. The van der Waals surface area contributed by atoms with E-state index >= 15 is 0 Å². The van der Waals surface area contributed by atoms with E-state index in [-0.39, 0.29) is 17.5 Å². The molecule has 2 aromatic carbocycles. The molecule has 1 saturated heterocycles. The number of rotatable bonds is 8. The number of likely N-dealkylation sites (tertiary alicyclic amines) is 1. The van der Waals surface area contributed by atoms with Gasteiger partial charge >= 0.3 is 6.03 Å². The summed E-state index contributed by atoms with van der Waals surface area (Å²) < 4.78 is 11.2. The summed E-state index contributed by atoms with van der Waals surface area (Å²) >= 11 is 0. The van der Waals surface area contributed by atoms with Crippen molar-refractivity contribution in [1.29, 1.82) is 0 Å². The fourth-order valence-electron chi connectivity index (χ4n) is 6.19. The number of urea groups is 1. The Morgan fingerprint density at radius 1 is 1.00 bits per heavy atom. The molecule has 3 aromatic rings. The lowest BCUT2D eigenvalue weighted by Gasteiger charge is -2.45. The van der Waals surface area contributed by atoms with Gasteiger partial charge in [-0.15, -0.1) is 0 Å². The second kappa shape index (κ2) is 11.2. The fraction of sp³-hybridized carbons (Fsp3) is 0.400. The SMILES string of the molecule is COc1ccc([C@@]23CC[C@H](NC(=O)NCc4ccncc4)C[C@H]2N(Cc2ccccc2)CC3)cc1OC. The molecule has 2 heterocycles. The van der Waals surface area contributed by atoms with Crippen LogP contribution in [-0.2, 0) is 18.5 Å². The van der Waals surface area contributed by atoms with E-state index in [2.05, 4.69) is 63.0 Å². The van der Waals surface area contributed by atoms with Gasteiger partial charge in [0.25, 0.3) is 0 Å². The van der Waals surface area contributed by atoms with E-state index in [1.165, 1.54) is 11.1 Å². The number of nitrogens with one attached hydrogen (secondary N) is 2. The number of fused-ring (bicyclic) bond motifs is 1. The third-order valence-electron chi connectivity index (χ3n) is 8.10. The largest absolute Gasteiger partial charge is 0.493 e. The van der Waals surface area contributed by atoms with E-state index in [1.54, 1.807) is 26.6 Å². The van der Waals surface area contributed by atoms with E-state index in [0.717, 1.165) is 55.8 Å². The van der Waals surface area contributed by atoms with Crippen molar-refractivity contribution < 1.29 is 14.3 Å². The lowest BCUT2D eigenvalue weighted by atomic mass is 9.65. The van der Waals surface area contributed by atoms with Gasteiger partial charge in [0.1, 0.15) is 0 Å². The summed E-state index contributed by atoms with van der Waals surface area (Å²) in [5, 5.41) is 6.26. The van der Waals surface area contributed by atoms with Crippen LogP contribution in [0, 0.1) is 0 Å². The van der Waals surface area contributed by atoms with Crippen molar-refractivity contribution in [2.24, 2.45) is 0 Å². The molecule has 1 aliphatic heterocycles. The normalized spacial score (nSPS) is 23.2. The molecule has 0 radical (unpaired) electrons. The van der Waals surface area contributed by atoms with Crippen molar-refractivity contribution in [3.05, 3.63) is 89.7 Å². The molecule has 7 nitrogen and oxygen atoms in total. The van der Waals surface area contributed by atoms with Crippen molar-refractivity contribution in [3.63, 3.8) is 0 Å². The van der Waals surface area contributed by atoms with E-state index < -0.39 is 0 Å². The van der Waals surface area contributed by atoms with Gasteiger partial charge < -0.3 is 20.1 Å². The quantitative estimate of drug-likeness (QED) is 0.470. The monoisotopic (exact) mass is 500 g/mol. The van der Waals surface area contributed by atoms with Crippen molar-refractivity contribution >= 4 is 6.03 Å². The van der Waals surface area contributed by atoms with Crippen molar-refractivity contribution in [1.82, 2.24) is 20.5 Å². The number of nitrogens with zero attached hydrogens (tertiary/aromatic N) is 2. The zero-order valence-corrected chi connectivity index (χ0v) is 21.7. The summed E-state index contributed by atoms with van der Waals surface area (Å²) in [6, 6.07) is 21.2. The van der Waals surface area contributed by atoms with Gasteiger partial charge in [-0.2, -0.15) is 0 Å². The Labute approximate surface area is 219 Å². The molecule has 1 aliphatic carbocycles. The lowest BCUT2D eigenvalue weighted by Crippen LogP contribution is -2.53. The second-order valence-electron chi connectivity index (χ2n) is 10.1. The highest BCUT2D eigenvalue weighted by Crippen LogP contribution is 2.50. The summed E-state index contributed by atoms with van der Waals surface area (Å²) in [4.78, 5) is 19.4. The smallest absolute Gasteiger partial charge is 0.315 e. The molecule has 194 valence electrons. The number of carbonyl (C=O) groups is 1. The number of pyridine rings is 1. The first-order valence-corrected chi connectivity index (χ1v) is 13.0. The summed E-state index contributed by atoms with van der Waals surface area (Å²) in [7, 11) is 3.37.